The Bertz CT molecular complexity index is 573. The highest BCUT2D eigenvalue weighted by Crippen LogP contribution is 2.33. The second-order valence-corrected chi connectivity index (χ2v) is 5.61. The maximum absolute atomic E-state index is 8.74. The monoisotopic (exact) mass is 328 g/mol. The Morgan fingerprint density at radius 3 is 1.47 bits per heavy atom. The van der Waals surface area contributed by atoms with Crippen LogP contribution in [-0.2, 0) is 10.4 Å². The first-order valence-electron chi connectivity index (χ1n) is 4.14. The standard InChI is InChI=1S/C4H6N8S2.H2O4S/c5-1-7-3(11-9-1)13-14-4-8-2(6)10-12-4;1-5(2,3)4/h(H3,5,7,9,11)(H3,6,8,10,12);(H2,1,2,3,4). The predicted molar refractivity (Wildman–Crippen MR) is 67.5 cm³/mol. The van der Waals surface area contributed by atoms with Crippen molar-refractivity contribution in [1.82, 2.24) is 30.4 Å². The molecule has 2 aromatic rings. The van der Waals surface area contributed by atoms with Gasteiger partial charge in [0.15, 0.2) is 10.3 Å². The quantitative estimate of drug-likeness (QED) is 0.303. The van der Waals surface area contributed by atoms with Crippen LogP contribution in [0.15, 0.2) is 10.3 Å². The lowest BCUT2D eigenvalue weighted by Crippen LogP contribution is -1.89. The summed E-state index contributed by atoms with van der Waals surface area (Å²) in [5.74, 6) is 0.426. The van der Waals surface area contributed by atoms with E-state index < -0.39 is 10.4 Å². The number of rotatable bonds is 3. The summed E-state index contributed by atoms with van der Waals surface area (Å²) in [6, 6.07) is 0. The molecule has 2 heterocycles. The summed E-state index contributed by atoms with van der Waals surface area (Å²) in [5.41, 5.74) is 10.6. The Hall–Kier alpha value is -1.55. The van der Waals surface area contributed by atoms with E-state index in [0.29, 0.717) is 10.3 Å². The SMILES string of the molecule is Nc1n[nH]c(SSc2nc(N)n[nH]2)n1.O=S(=O)(O)O. The molecule has 0 aliphatic heterocycles. The number of nitrogen functional groups attached to an aromatic ring is 2. The number of hydrogen-bond donors (Lipinski definition) is 6. The molecule has 0 fully saturated rings. The van der Waals surface area contributed by atoms with Crippen LogP contribution in [0.1, 0.15) is 0 Å². The molecular formula is C4H8N8O4S3. The lowest BCUT2D eigenvalue weighted by molar-refractivity contribution is 0.381. The minimum Gasteiger partial charge on any atom is -0.366 e. The van der Waals surface area contributed by atoms with Gasteiger partial charge in [0.1, 0.15) is 0 Å². The Balaban J connectivity index is 0.000000312. The molecule has 0 aliphatic carbocycles. The maximum atomic E-state index is 8.74. The highest BCUT2D eigenvalue weighted by molar-refractivity contribution is 8.76. The molecule has 0 unspecified atom stereocenters. The van der Waals surface area contributed by atoms with E-state index in [4.69, 9.17) is 29.0 Å². The summed E-state index contributed by atoms with van der Waals surface area (Å²) >= 11 is 0. The van der Waals surface area contributed by atoms with Crippen LogP contribution in [-0.4, -0.2) is 47.9 Å². The van der Waals surface area contributed by atoms with Gasteiger partial charge in [-0.25, -0.2) is 0 Å². The predicted octanol–water partition coefficient (Wildman–Crippen LogP) is -0.766. The van der Waals surface area contributed by atoms with E-state index in [1.807, 2.05) is 0 Å². The Kier molecular flexibility index (Phi) is 5.36. The number of aromatic nitrogens is 6. The molecule has 2 aromatic heterocycles. The highest BCUT2D eigenvalue weighted by Gasteiger charge is 2.05. The van der Waals surface area contributed by atoms with Gasteiger partial charge >= 0.3 is 10.4 Å². The summed E-state index contributed by atoms with van der Waals surface area (Å²) < 4.78 is 31.6. The summed E-state index contributed by atoms with van der Waals surface area (Å²) in [6.07, 6.45) is 0. The van der Waals surface area contributed by atoms with Gasteiger partial charge in [-0.3, -0.25) is 19.3 Å². The third kappa shape index (κ3) is 7.47. The van der Waals surface area contributed by atoms with Crippen LogP contribution in [0.5, 0.6) is 0 Å². The Morgan fingerprint density at radius 2 is 1.26 bits per heavy atom. The fraction of sp³-hybridized carbons (Fsp3) is 0. The minimum absolute atomic E-state index is 0.213. The van der Waals surface area contributed by atoms with Crippen molar-refractivity contribution < 1.29 is 17.5 Å². The van der Waals surface area contributed by atoms with Crippen LogP contribution in [0.25, 0.3) is 0 Å². The third-order valence-electron chi connectivity index (χ3n) is 1.16. The van der Waals surface area contributed by atoms with Crippen molar-refractivity contribution in [3.8, 4) is 0 Å². The molecule has 2 rings (SSSR count). The number of nitrogens with two attached hydrogens (primary N) is 2. The van der Waals surface area contributed by atoms with E-state index in [1.165, 1.54) is 21.6 Å². The Labute approximate surface area is 114 Å². The van der Waals surface area contributed by atoms with Gasteiger partial charge in [-0.05, 0) is 21.6 Å². The van der Waals surface area contributed by atoms with Crippen molar-refractivity contribution in [3.05, 3.63) is 0 Å². The molecule has 19 heavy (non-hydrogen) atoms. The van der Waals surface area contributed by atoms with Gasteiger partial charge in [-0.1, -0.05) is 0 Å². The number of aromatic amines is 2. The largest absolute Gasteiger partial charge is 0.394 e. The van der Waals surface area contributed by atoms with Gasteiger partial charge in [-0.15, -0.1) is 10.2 Å². The average Bonchev–Trinajstić information content (AvgIpc) is 2.82. The van der Waals surface area contributed by atoms with Crippen molar-refractivity contribution >= 4 is 43.9 Å². The first-order chi connectivity index (χ1) is 8.74. The van der Waals surface area contributed by atoms with Gasteiger partial charge in [-0.2, -0.15) is 18.4 Å². The van der Waals surface area contributed by atoms with Crippen LogP contribution in [0.2, 0.25) is 0 Å². The molecule has 0 spiro atoms. The van der Waals surface area contributed by atoms with Crippen LogP contribution in [0, 0.1) is 0 Å². The smallest absolute Gasteiger partial charge is 0.366 e. The first kappa shape index (κ1) is 15.5. The number of anilines is 2. The van der Waals surface area contributed by atoms with Crippen molar-refractivity contribution in [3.63, 3.8) is 0 Å². The second-order valence-electron chi connectivity index (χ2n) is 2.61. The van der Waals surface area contributed by atoms with Gasteiger partial charge in [0, 0.05) is 0 Å². The van der Waals surface area contributed by atoms with Crippen LogP contribution >= 0.6 is 21.6 Å². The van der Waals surface area contributed by atoms with Crippen LogP contribution in [0.4, 0.5) is 11.9 Å². The maximum Gasteiger partial charge on any atom is 0.394 e. The molecule has 15 heteroatoms. The van der Waals surface area contributed by atoms with Crippen LogP contribution < -0.4 is 11.5 Å². The molecule has 0 aliphatic rings. The molecule has 0 radical (unpaired) electrons. The van der Waals surface area contributed by atoms with Crippen molar-refractivity contribution in [2.24, 2.45) is 0 Å². The van der Waals surface area contributed by atoms with Gasteiger partial charge in [0.2, 0.25) is 11.9 Å². The van der Waals surface area contributed by atoms with E-state index in [1.54, 1.807) is 0 Å². The van der Waals surface area contributed by atoms with E-state index in [2.05, 4.69) is 30.4 Å². The van der Waals surface area contributed by atoms with Gasteiger partial charge in [0.05, 0.1) is 0 Å². The summed E-state index contributed by atoms with van der Waals surface area (Å²) in [5, 5.41) is 13.8. The zero-order valence-corrected chi connectivity index (χ0v) is 11.3. The molecular weight excluding hydrogens is 320 g/mol. The fourth-order valence-electron chi connectivity index (χ4n) is 0.672. The summed E-state index contributed by atoms with van der Waals surface area (Å²) in [6.45, 7) is 0. The Morgan fingerprint density at radius 1 is 0.947 bits per heavy atom. The number of nitrogens with zero attached hydrogens (tertiary/aromatic N) is 4. The zero-order valence-electron chi connectivity index (χ0n) is 8.88. The van der Waals surface area contributed by atoms with E-state index >= 15 is 0 Å². The third-order valence-corrected chi connectivity index (χ3v) is 3.13. The highest BCUT2D eigenvalue weighted by atomic mass is 33.1. The molecule has 0 amide bonds. The van der Waals surface area contributed by atoms with Crippen molar-refractivity contribution in [1.29, 1.82) is 0 Å². The zero-order chi connectivity index (χ0) is 14.5. The fourth-order valence-corrected chi connectivity index (χ4v) is 2.18. The molecule has 12 nitrogen and oxygen atoms in total. The summed E-state index contributed by atoms with van der Waals surface area (Å²) in [4.78, 5) is 7.78. The van der Waals surface area contributed by atoms with Crippen molar-refractivity contribution in [2.45, 2.75) is 10.3 Å². The van der Waals surface area contributed by atoms with Crippen molar-refractivity contribution in [2.75, 3.05) is 11.5 Å². The molecule has 0 saturated heterocycles. The normalized spacial score (nSPS) is 10.8. The molecule has 106 valence electrons. The van der Waals surface area contributed by atoms with E-state index in [-0.39, 0.29) is 11.9 Å². The van der Waals surface area contributed by atoms with E-state index in [0.717, 1.165) is 0 Å². The molecule has 0 saturated carbocycles. The lowest BCUT2D eigenvalue weighted by Gasteiger charge is -1.89. The second kappa shape index (κ2) is 6.57. The van der Waals surface area contributed by atoms with Crippen LogP contribution in [0.3, 0.4) is 0 Å². The lowest BCUT2D eigenvalue weighted by atomic mass is 11.1. The molecule has 0 bridgehead atoms. The number of nitrogens with one attached hydrogen (secondary N) is 2. The van der Waals surface area contributed by atoms with Gasteiger partial charge < -0.3 is 11.5 Å². The molecule has 8 N–H and O–H groups in total. The molecule has 0 atom stereocenters. The number of hydrogen-bond acceptors (Lipinski definition) is 10. The summed E-state index contributed by atoms with van der Waals surface area (Å²) in [7, 11) is -2.01. The number of H-pyrrole nitrogens is 2. The topological polar surface area (TPSA) is 210 Å². The van der Waals surface area contributed by atoms with E-state index in [9.17, 15) is 0 Å². The molecule has 0 aromatic carbocycles. The first-order valence-corrected chi connectivity index (χ1v) is 7.69. The van der Waals surface area contributed by atoms with Gasteiger partial charge in [0.25, 0.3) is 0 Å². The minimum atomic E-state index is -4.67. The average molecular weight is 328 g/mol.